The molecule has 3 aromatic rings. The van der Waals surface area contributed by atoms with Gasteiger partial charge >= 0.3 is 6.03 Å². The third-order valence-corrected chi connectivity index (χ3v) is 5.55. The maximum atomic E-state index is 13.0. The topological polar surface area (TPSA) is 125 Å². The second kappa shape index (κ2) is 10.3. The molecule has 36 heavy (non-hydrogen) atoms. The summed E-state index contributed by atoms with van der Waals surface area (Å²) in [5.74, 6) is -1.86. The number of imide groups is 2. The molecule has 1 aliphatic heterocycles. The number of halogens is 1. The number of benzene rings is 3. The van der Waals surface area contributed by atoms with Crippen LogP contribution in [-0.4, -0.2) is 35.5 Å². The number of rotatable bonds is 6. The van der Waals surface area contributed by atoms with Gasteiger partial charge in [-0.2, -0.15) is 0 Å². The fourth-order valence-corrected chi connectivity index (χ4v) is 3.67. The number of anilines is 2. The quantitative estimate of drug-likeness (QED) is 0.343. The first-order chi connectivity index (χ1) is 17.2. The number of ether oxygens (including phenoxy) is 1. The number of hydrogen-bond donors (Lipinski definition) is 3. The van der Waals surface area contributed by atoms with Crippen molar-refractivity contribution in [1.82, 2.24) is 5.32 Å². The number of phenolic OH excluding ortho intramolecular Hbond substituents is 1. The average Bonchev–Trinajstić information content (AvgIpc) is 2.84. The van der Waals surface area contributed by atoms with Crippen LogP contribution in [0.4, 0.5) is 16.2 Å². The molecule has 0 bridgehead atoms. The first-order valence-corrected chi connectivity index (χ1v) is 11.1. The molecule has 0 saturated carbocycles. The van der Waals surface area contributed by atoms with Crippen molar-refractivity contribution < 1.29 is 29.0 Å². The zero-order valence-electron chi connectivity index (χ0n) is 18.9. The Kier molecular flexibility index (Phi) is 7.03. The Bertz CT molecular complexity index is 1400. The second-order valence-corrected chi connectivity index (χ2v) is 8.22. The first-order valence-electron chi connectivity index (χ1n) is 10.7. The van der Waals surface area contributed by atoms with Gasteiger partial charge in [0.1, 0.15) is 17.1 Å². The molecule has 4 rings (SSSR count). The van der Waals surface area contributed by atoms with Crippen molar-refractivity contribution in [1.29, 1.82) is 0 Å². The van der Waals surface area contributed by atoms with Crippen molar-refractivity contribution in [2.45, 2.75) is 6.92 Å². The van der Waals surface area contributed by atoms with Crippen LogP contribution >= 0.6 is 11.6 Å². The molecule has 3 aromatic carbocycles. The van der Waals surface area contributed by atoms with E-state index in [-0.39, 0.29) is 40.3 Å². The molecule has 0 radical (unpaired) electrons. The van der Waals surface area contributed by atoms with Crippen molar-refractivity contribution in [3.05, 3.63) is 88.5 Å². The van der Waals surface area contributed by atoms with Gasteiger partial charge in [0.2, 0.25) is 0 Å². The van der Waals surface area contributed by atoms with Gasteiger partial charge in [0.15, 0.2) is 6.61 Å². The molecule has 1 saturated heterocycles. The predicted molar refractivity (Wildman–Crippen MR) is 134 cm³/mol. The van der Waals surface area contributed by atoms with Crippen molar-refractivity contribution >= 4 is 52.8 Å². The molecule has 3 N–H and O–H groups in total. The molecule has 5 amide bonds. The van der Waals surface area contributed by atoms with E-state index in [9.17, 15) is 24.3 Å². The summed E-state index contributed by atoms with van der Waals surface area (Å²) in [5, 5.41) is 14.5. The monoisotopic (exact) mass is 505 g/mol. The summed E-state index contributed by atoms with van der Waals surface area (Å²) in [6, 6.07) is 16.3. The molecule has 1 aliphatic rings. The van der Waals surface area contributed by atoms with Crippen molar-refractivity contribution in [3.8, 4) is 11.5 Å². The van der Waals surface area contributed by atoms with Gasteiger partial charge < -0.3 is 15.2 Å². The fraction of sp³-hybridized carbons (Fsp3) is 0.0769. The lowest BCUT2D eigenvalue weighted by Gasteiger charge is -2.26. The van der Waals surface area contributed by atoms with E-state index in [0.717, 1.165) is 10.5 Å². The molecule has 0 aliphatic carbocycles. The van der Waals surface area contributed by atoms with Gasteiger partial charge in [-0.15, -0.1) is 0 Å². The zero-order chi connectivity index (χ0) is 25.8. The number of para-hydroxylation sites is 1. The Labute approximate surface area is 210 Å². The summed E-state index contributed by atoms with van der Waals surface area (Å²) in [5.41, 5.74) is 1.88. The zero-order valence-corrected chi connectivity index (χ0v) is 19.7. The molecule has 10 heteroatoms. The molecular formula is C26H20ClN3O6. The minimum atomic E-state index is -0.904. The summed E-state index contributed by atoms with van der Waals surface area (Å²) < 4.78 is 5.51. The highest BCUT2D eigenvalue weighted by Gasteiger charge is 2.36. The fourth-order valence-electron chi connectivity index (χ4n) is 3.43. The van der Waals surface area contributed by atoms with Crippen LogP contribution in [0.3, 0.4) is 0 Å². The minimum Gasteiger partial charge on any atom is -0.508 e. The third kappa shape index (κ3) is 5.37. The Morgan fingerprint density at radius 2 is 1.81 bits per heavy atom. The van der Waals surface area contributed by atoms with Crippen molar-refractivity contribution in [3.63, 3.8) is 0 Å². The summed E-state index contributed by atoms with van der Waals surface area (Å²) >= 11 is 6.29. The number of nitrogens with zero attached hydrogens (tertiary/aromatic N) is 1. The average molecular weight is 506 g/mol. The van der Waals surface area contributed by atoms with Crippen LogP contribution in [-0.2, 0) is 14.4 Å². The number of urea groups is 1. The molecule has 0 unspecified atom stereocenters. The van der Waals surface area contributed by atoms with E-state index in [0.29, 0.717) is 11.3 Å². The standard InChI is InChI=1S/C26H20ClN3O6/c1-15-4-2-3-5-21(15)28-23(32)14-36-22-11-6-16(13-20(22)27)12-19-24(33)29-26(35)30(25(19)34)17-7-9-18(31)10-8-17/h2-13,31H,14H2,1H3,(H,28,32)(H,29,33,35)/b19-12-. The maximum Gasteiger partial charge on any atom is 0.335 e. The third-order valence-electron chi connectivity index (χ3n) is 5.25. The maximum absolute atomic E-state index is 13.0. The van der Waals surface area contributed by atoms with Crippen LogP contribution in [0.15, 0.2) is 72.3 Å². The number of nitrogens with one attached hydrogen (secondary N) is 2. The van der Waals surface area contributed by atoms with Gasteiger partial charge in [0.05, 0.1) is 10.7 Å². The highest BCUT2D eigenvalue weighted by molar-refractivity contribution is 6.39. The van der Waals surface area contributed by atoms with Gasteiger partial charge in [0, 0.05) is 5.69 Å². The number of barbiturate groups is 1. The van der Waals surface area contributed by atoms with Crippen LogP contribution in [0.5, 0.6) is 11.5 Å². The van der Waals surface area contributed by atoms with Gasteiger partial charge in [-0.25, -0.2) is 9.69 Å². The molecular weight excluding hydrogens is 486 g/mol. The van der Waals surface area contributed by atoms with E-state index >= 15 is 0 Å². The molecule has 1 heterocycles. The van der Waals surface area contributed by atoms with Crippen LogP contribution < -0.4 is 20.3 Å². The van der Waals surface area contributed by atoms with Crippen LogP contribution in [0.1, 0.15) is 11.1 Å². The predicted octanol–water partition coefficient (Wildman–Crippen LogP) is 4.04. The number of hydrogen-bond acceptors (Lipinski definition) is 6. The summed E-state index contributed by atoms with van der Waals surface area (Å²) in [6.45, 7) is 1.59. The summed E-state index contributed by atoms with van der Waals surface area (Å²) in [4.78, 5) is 50.6. The van der Waals surface area contributed by atoms with E-state index in [2.05, 4.69) is 10.6 Å². The Balaban J connectivity index is 1.48. The van der Waals surface area contributed by atoms with E-state index in [4.69, 9.17) is 16.3 Å². The Hall–Kier alpha value is -4.63. The van der Waals surface area contributed by atoms with Gasteiger partial charge in [0.25, 0.3) is 17.7 Å². The van der Waals surface area contributed by atoms with Gasteiger partial charge in [-0.1, -0.05) is 35.9 Å². The number of aryl methyl sites for hydroxylation is 1. The Morgan fingerprint density at radius 3 is 2.50 bits per heavy atom. The minimum absolute atomic E-state index is 0.0416. The van der Waals surface area contributed by atoms with Crippen LogP contribution in [0.2, 0.25) is 5.02 Å². The van der Waals surface area contributed by atoms with E-state index in [1.54, 1.807) is 12.1 Å². The molecule has 0 spiro atoms. The number of aromatic hydroxyl groups is 1. The summed E-state index contributed by atoms with van der Waals surface area (Å²) in [6.07, 6.45) is 1.29. The second-order valence-electron chi connectivity index (χ2n) is 7.82. The molecule has 1 fully saturated rings. The van der Waals surface area contributed by atoms with Crippen molar-refractivity contribution in [2.75, 3.05) is 16.8 Å². The molecule has 9 nitrogen and oxygen atoms in total. The summed E-state index contributed by atoms with van der Waals surface area (Å²) in [7, 11) is 0. The number of amides is 5. The van der Waals surface area contributed by atoms with Crippen LogP contribution in [0, 0.1) is 6.92 Å². The molecule has 182 valence electrons. The largest absolute Gasteiger partial charge is 0.508 e. The van der Waals surface area contributed by atoms with E-state index in [1.165, 1.54) is 42.5 Å². The Morgan fingerprint density at radius 1 is 1.08 bits per heavy atom. The van der Waals surface area contributed by atoms with E-state index < -0.39 is 17.8 Å². The van der Waals surface area contributed by atoms with E-state index in [1.807, 2.05) is 25.1 Å². The lowest BCUT2D eigenvalue weighted by Crippen LogP contribution is -2.54. The van der Waals surface area contributed by atoms with Crippen molar-refractivity contribution in [2.24, 2.45) is 0 Å². The van der Waals surface area contributed by atoms with Gasteiger partial charge in [-0.3, -0.25) is 19.7 Å². The lowest BCUT2D eigenvalue weighted by atomic mass is 10.1. The number of carbonyl (C=O) groups excluding carboxylic acids is 4. The van der Waals surface area contributed by atoms with Crippen LogP contribution in [0.25, 0.3) is 6.08 Å². The molecule has 0 atom stereocenters. The van der Waals surface area contributed by atoms with Gasteiger partial charge in [-0.05, 0) is 66.6 Å². The number of phenols is 1. The SMILES string of the molecule is Cc1ccccc1NC(=O)COc1ccc(/C=C2/C(=O)NC(=O)N(c3ccc(O)cc3)C2=O)cc1Cl. The highest BCUT2D eigenvalue weighted by Crippen LogP contribution is 2.28. The number of carbonyl (C=O) groups is 4. The normalized spacial score (nSPS) is 14.6. The molecule has 0 aromatic heterocycles. The lowest BCUT2D eigenvalue weighted by molar-refractivity contribution is -0.122. The smallest absolute Gasteiger partial charge is 0.335 e. The first kappa shape index (κ1) is 24.5. The highest BCUT2D eigenvalue weighted by atomic mass is 35.5.